The number of methoxy groups -OCH3 is 1. The van der Waals surface area contributed by atoms with Crippen molar-refractivity contribution in [2.24, 2.45) is 0 Å². The second-order valence-electron chi connectivity index (χ2n) is 8.99. The molecule has 0 fully saturated rings. The molecule has 0 amide bonds. The molecule has 37 heavy (non-hydrogen) atoms. The lowest BCUT2D eigenvalue weighted by molar-refractivity contribution is -0.136. The lowest BCUT2D eigenvalue weighted by Gasteiger charge is -2.19. The first kappa shape index (κ1) is 24.3. The smallest absolute Gasteiger partial charge is 0.338 e. The van der Waals surface area contributed by atoms with Gasteiger partial charge in [-0.05, 0) is 55.7 Å². The van der Waals surface area contributed by atoms with Crippen LogP contribution < -0.4 is 4.74 Å². The molecule has 5 aromatic rings. The fourth-order valence-corrected chi connectivity index (χ4v) is 4.79. The van der Waals surface area contributed by atoms with Gasteiger partial charge in [0, 0.05) is 16.3 Å². The van der Waals surface area contributed by atoms with Crippen molar-refractivity contribution in [3.63, 3.8) is 0 Å². The minimum Gasteiger partial charge on any atom is -0.465 e. The molecule has 0 aliphatic carbocycles. The Balaban J connectivity index is 1.71. The normalized spacial score (nSPS) is 12.0. The Labute approximate surface area is 214 Å². The van der Waals surface area contributed by atoms with Crippen LogP contribution in [0.2, 0.25) is 0 Å². The maximum absolute atomic E-state index is 13.3. The quantitative estimate of drug-likeness (QED) is 0.185. The molecule has 0 N–H and O–H groups in total. The number of esters is 2. The Morgan fingerprint density at radius 2 is 1.70 bits per heavy atom. The van der Waals surface area contributed by atoms with E-state index in [0.29, 0.717) is 45.7 Å². The highest BCUT2D eigenvalue weighted by Gasteiger charge is 2.28. The second-order valence-corrected chi connectivity index (χ2v) is 8.99. The standard InChI is InChI=1S/C31H27NO5/c1-5-21(31(34)36-20-11-7-6-8-12-20)23-16-15-18(2)28-27(23)24(30(33)35-4)17-25(32-28)29-19(3)22-13-9-10-14-26(22)37-29/h6-17,21H,5H2,1-4H3. The topological polar surface area (TPSA) is 78.6 Å². The van der Waals surface area contributed by atoms with Gasteiger partial charge in [-0.15, -0.1) is 0 Å². The Morgan fingerprint density at radius 3 is 2.41 bits per heavy atom. The number of hydrogen-bond acceptors (Lipinski definition) is 6. The van der Waals surface area contributed by atoms with E-state index in [1.807, 2.05) is 75.4 Å². The molecule has 0 saturated heterocycles. The number of carbonyl (C=O) groups excluding carboxylic acids is 2. The summed E-state index contributed by atoms with van der Waals surface area (Å²) in [5.74, 6) is -0.454. The summed E-state index contributed by atoms with van der Waals surface area (Å²) in [6.45, 7) is 5.82. The van der Waals surface area contributed by atoms with Crippen molar-refractivity contribution < 1.29 is 23.5 Å². The molecule has 2 heterocycles. The molecule has 3 aromatic carbocycles. The average molecular weight is 494 g/mol. The van der Waals surface area contributed by atoms with Crippen LogP contribution in [0.15, 0.2) is 77.2 Å². The largest absolute Gasteiger partial charge is 0.465 e. The fourth-order valence-electron chi connectivity index (χ4n) is 4.79. The number of carbonyl (C=O) groups is 2. The summed E-state index contributed by atoms with van der Waals surface area (Å²) in [5, 5.41) is 1.57. The van der Waals surface area contributed by atoms with E-state index in [9.17, 15) is 9.59 Å². The molecule has 1 unspecified atom stereocenters. The number of ether oxygens (including phenoxy) is 2. The second kappa shape index (κ2) is 9.90. The number of furan rings is 1. The SMILES string of the molecule is CCC(C(=O)Oc1ccccc1)c1ccc(C)c2nc(-c3oc4ccccc4c3C)cc(C(=O)OC)c12. The summed E-state index contributed by atoms with van der Waals surface area (Å²) in [6, 6.07) is 22.2. The van der Waals surface area contributed by atoms with Gasteiger partial charge in [-0.25, -0.2) is 9.78 Å². The number of benzene rings is 3. The van der Waals surface area contributed by atoms with Crippen molar-refractivity contribution in [2.45, 2.75) is 33.1 Å². The predicted molar refractivity (Wildman–Crippen MR) is 143 cm³/mol. The van der Waals surface area contributed by atoms with Crippen LogP contribution >= 0.6 is 0 Å². The van der Waals surface area contributed by atoms with Gasteiger partial charge in [0.15, 0.2) is 5.76 Å². The Kier molecular flexibility index (Phi) is 6.49. The first-order valence-electron chi connectivity index (χ1n) is 12.2. The van der Waals surface area contributed by atoms with Crippen molar-refractivity contribution in [3.8, 4) is 17.2 Å². The summed E-state index contributed by atoms with van der Waals surface area (Å²) in [5.41, 5.74) is 4.69. The van der Waals surface area contributed by atoms with Crippen molar-refractivity contribution >= 4 is 33.8 Å². The number of hydrogen-bond donors (Lipinski definition) is 0. The molecular weight excluding hydrogens is 466 g/mol. The van der Waals surface area contributed by atoms with Crippen LogP contribution in [0.4, 0.5) is 0 Å². The first-order chi connectivity index (χ1) is 17.9. The van der Waals surface area contributed by atoms with Crippen LogP contribution in [0.25, 0.3) is 33.3 Å². The Hall–Kier alpha value is -4.45. The number of fused-ring (bicyclic) bond motifs is 2. The highest BCUT2D eigenvalue weighted by molar-refractivity contribution is 6.08. The summed E-state index contributed by atoms with van der Waals surface area (Å²) >= 11 is 0. The monoisotopic (exact) mass is 493 g/mol. The molecule has 0 aliphatic rings. The first-order valence-corrected chi connectivity index (χ1v) is 12.2. The molecule has 0 spiro atoms. The van der Waals surface area contributed by atoms with Gasteiger partial charge in [0.1, 0.15) is 17.0 Å². The third kappa shape index (κ3) is 4.35. The van der Waals surface area contributed by atoms with Gasteiger partial charge in [-0.2, -0.15) is 0 Å². The van der Waals surface area contributed by atoms with Crippen molar-refractivity contribution in [2.75, 3.05) is 7.11 Å². The van der Waals surface area contributed by atoms with E-state index >= 15 is 0 Å². The number of pyridine rings is 1. The molecule has 0 saturated carbocycles. The van der Waals surface area contributed by atoms with E-state index in [0.717, 1.165) is 22.1 Å². The number of aryl methyl sites for hydroxylation is 2. The van der Waals surface area contributed by atoms with Crippen LogP contribution in [-0.4, -0.2) is 24.0 Å². The highest BCUT2D eigenvalue weighted by atomic mass is 16.5. The third-order valence-electron chi connectivity index (χ3n) is 6.71. The zero-order chi connectivity index (χ0) is 26.1. The van der Waals surface area contributed by atoms with E-state index in [1.54, 1.807) is 18.2 Å². The lowest BCUT2D eigenvalue weighted by Crippen LogP contribution is -2.19. The highest BCUT2D eigenvalue weighted by Crippen LogP contribution is 2.38. The molecular formula is C31H27NO5. The number of para-hydroxylation sites is 2. The summed E-state index contributed by atoms with van der Waals surface area (Å²) < 4.78 is 17.0. The predicted octanol–water partition coefficient (Wildman–Crippen LogP) is 7.15. The zero-order valence-electron chi connectivity index (χ0n) is 21.2. The molecule has 0 aliphatic heterocycles. The van der Waals surface area contributed by atoms with Crippen LogP contribution in [0, 0.1) is 13.8 Å². The minimum atomic E-state index is -0.604. The van der Waals surface area contributed by atoms with Crippen LogP contribution in [0.3, 0.4) is 0 Å². The van der Waals surface area contributed by atoms with Crippen molar-refractivity contribution in [1.29, 1.82) is 0 Å². The summed E-state index contributed by atoms with van der Waals surface area (Å²) in [6.07, 6.45) is 0.481. The van der Waals surface area contributed by atoms with E-state index in [4.69, 9.17) is 18.9 Å². The molecule has 0 radical (unpaired) electrons. The lowest BCUT2D eigenvalue weighted by atomic mass is 9.89. The van der Waals surface area contributed by atoms with Gasteiger partial charge in [0.25, 0.3) is 0 Å². The number of aromatic nitrogens is 1. The summed E-state index contributed by atoms with van der Waals surface area (Å²) in [7, 11) is 1.34. The van der Waals surface area contributed by atoms with E-state index < -0.39 is 17.9 Å². The number of rotatable bonds is 6. The van der Waals surface area contributed by atoms with Crippen LogP contribution in [0.5, 0.6) is 5.75 Å². The Bertz CT molecular complexity index is 1630. The number of nitrogens with zero attached hydrogens (tertiary/aromatic N) is 1. The molecule has 6 heteroatoms. The van der Waals surface area contributed by atoms with Crippen LogP contribution in [-0.2, 0) is 9.53 Å². The fraction of sp³-hybridized carbons (Fsp3) is 0.194. The van der Waals surface area contributed by atoms with E-state index in [2.05, 4.69) is 0 Å². The molecule has 1 atom stereocenters. The van der Waals surface area contributed by atoms with Gasteiger partial charge in [0.2, 0.25) is 0 Å². The maximum atomic E-state index is 13.3. The molecule has 2 aromatic heterocycles. The van der Waals surface area contributed by atoms with Crippen molar-refractivity contribution in [1.82, 2.24) is 4.98 Å². The third-order valence-corrected chi connectivity index (χ3v) is 6.71. The van der Waals surface area contributed by atoms with Crippen molar-refractivity contribution in [3.05, 3.63) is 95.1 Å². The molecule has 0 bridgehead atoms. The van der Waals surface area contributed by atoms with Gasteiger partial charge in [-0.1, -0.05) is 55.5 Å². The summed E-state index contributed by atoms with van der Waals surface area (Å²) in [4.78, 5) is 31.3. The molecule has 186 valence electrons. The maximum Gasteiger partial charge on any atom is 0.338 e. The van der Waals surface area contributed by atoms with E-state index in [1.165, 1.54) is 7.11 Å². The van der Waals surface area contributed by atoms with Gasteiger partial charge in [-0.3, -0.25) is 4.79 Å². The minimum absolute atomic E-state index is 0.326. The molecule has 6 nitrogen and oxygen atoms in total. The van der Waals surface area contributed by atoms with Gasteiger partial charge in [0.05, 0.1) is 24.1 Å². The zero-order valence-corrected chi connectivity index (χ0v) is 21.2. The van der Waals surface area contributed by atoms with Crippen LogP contribution in [0.1, 0.15) is 46.3 Å². The van der Waals surface area contributed by atoms with E-state index in [-0.39, 0.29) is 0 Å². The average Bonchev–Trinajstić information content (AvgIpc) is 3.26. The Morgan fingerprint density at radius 1 is 0.973 bits per heavy atom. The van der Waals surface area contributed by atoms with Gasteiger partial charge < -0.3 is 13.9 Å². The van der Waals surface area contributed by atoms with Gasteiger partial charge >= 0.3 is 11.9 Å². The molecule has 5 rings (SSSR count).